The van der Waals surface area contributed by atoms with Crippen molar-refractivity contribution in [3.8, 4) is 0 Å². The van der Waals surface area contributed by atoms with Gasteiger partial charge in [0, 0.05) is 12.5 Å². The maximum atomic E-state index is 13.1. The summed E-state index contributed by atoms with van der Waals surface area (Å²) >= 11 is 5.84. The molecule has 0 aromatic heterocycles. The van der Waals surface area contributed by atoms with Gasteiger partial charge in [-0.15, -0.1) is 0 Å². The summed E-state index contributed by atoms with van der Waals surface area (Å²) in [5.74, 6) is -1.54. The van der Waals surface area contributed by atoms with Crippen molar-refractivity contribution in [2.24, 2.45) is 0 Å². The van der Waals surface area contributed by atoms with Crippen molar-refractivity contribution in [1.82, 2.24) is 5.32 Å². The van der Waals surface area contributed by atoms with Crippen LogP contribution in [0.3, 0.4) is 0 Å². The second-order valence-electron chi connectivity index (χ2n) is 5.93. The summed E-state index contributed by atoms with van der Waals surface area (Å²) < 4.78 is 18.2. The van der Waals surface area contributed by atoms with Gasteiger partial charge in [0.15, 0.2) is 6.10 Å². The second kappa shape index (κ2) is 9.34. The Morgan fingerprint density at radius 1 is 1.19 bits per heavy atom. The van der Waals surface area contributed by atoms with Gasteiger partial charge >= 0.3 is 5.97 Å². The van der Waals surface area contributed by atoms with Gasteiger partial charge in [-0.1, -0.05) is 48.9 Å². The summed E-state index contributed by atoms with van der Waals surface area (Å²) in [6, 6.07) is 13.2. The summed E-state index contributed by atoms with van der Waals surface area (Å²) in [6.07, 6.45) is -0.124. The number of amides is 1. The number of halogens is 2. The third kappa shape index (κ3) is 5.30. The Labute approximate surface area is 157 Å². The molecule has 0 bridgehead atoms. The molecule has 0 aliphatic carbocycles. The highest BCUT2D eigenvalue weighted by molar-refractivity contribution is 6.33. The molecule has 0 saturated heterocycles. The summed E-state index contributed by atoms with van der Waals surface area (Å²) in [5.41, 5.74) is 1.15. The summed E-state index contributed by atoms with van der Waals surface area (Å²) in [6.45, 7) is 3.97. The molecule has 2 rings (SSSR count). The smallest absolute Gasteiger partial charge is 0.340 e. The first-order chi connectivity index (χ1) is 12.4. The number of esters is 1. The van der Waals surface area contributed by atoms with E-state index in [2.05, 4.69) is 5.32 Å². The number of nitrogens with one attached hydrogen (secondary N) is 1. The second-order valence-corrected chi connectivity index (χ2v) is 6.34. The number of ether oxygens (including phenoxy) is 1. The molecule has 6 heteroatoms. The highest BCUT2D eigenvalue weighted by Crippen LogP contribution is 2.20. The molecule has 26 heavy (non-hydrogen) atoms. The fourth-order valence-corrected chi connectivity index (χ4v) is 2.77. The maximum Gasteiger partial charge on any atom is 0.340 e. The first-order valence-corrected chi connectivity index (χ1v) is 8.78. The Bertz CT molecular complexity index is 767. The van der Waals surface area contributed by atoms with Crippen molar-refractivity contribution in [3.63, 3.8) is 0 Å². The van der Waals surface area contributed by atoms with Crippen LogP contribution in [0.4, 0.5) is 4.39 Å². The Hall–Kier alpha value is -2.40. The molecule has 2 aromatic carbocycles. The lowest BCUT2D eigenvalue weighted by Crippen LogP contribution is -2.38. The predicted octanol–water partition coefficient (Wildman–Crippen LogP) is 4.33. The summed E-state index contributed by atoms with van der Waals surface area (Å²) in [5, 5.41) is 2.75. The molecule has 0 heterocycles. The Kier molecular flexibility index (Phi) is 7.16. The summed E-state index contributed by atoms with van der Waals surface area (Å²) in [7, 11) is 0. The molecule has 138 valence electrons. The number of benzene rings is 2. The number of hydrogen-bond donors (Lipinski definition) is 1. The Morgan fingerprint density at radius 3 is 2.50 bits per heavy atom. The van der Waals surface area contributed by atoms with Gasteiger partial charge in [0.2, 0.25) is 0 Å². The number of hydrogen-bond acceptors (Lipinski definition) is 3. The average molecular weight is 378 g/mol. The van der Waals surface area contributed by atoms with Gasteiger partial charge in [0.25, 0.3) is 5.91 Å². The number of rotatable bonds is 7. The maximum absolute atomic E-state index is 13.1. The fourth-order valence-electron chi connectivity index (χ4n) is 2.52. The third-order valence-corrected chi connectivity index (χ3v) is 4.40. The molecule has 0 aliphatic rings. The largest absolute Gasteiger partial charge is 0.449 e. The molecule has 0 aliphatic heterocycles. The van der Waals surface area contributed by atoms with E-state index in [9.17, 15) is 14.0 Å². The molecule has 0 unspecified atom stereocenters. The summed E-state index contributed by atoms with van der Waals surface area (Å²) in [4.78, 5) is 24.3. The van der Waals surface area contributed by atoms with Gasteiger partial charge in [-0.3, -0.25) is 4.79 Å². The van der Waals surface area contributed by atoms with Crippen LogP contribution in [0.1, 0.15) is 42.1 Å². The van der Waals surface area contributed by atoms with Crippen LogP contribution in [0.2, 0.25) is 5.02 Å². The van der Waals surface area contributed by atoms with E-state index in [1.54, 1.807) is 0 Å². The lowest BCUT2D eigenvalue weighted by Gasteiger charge is -2.18. The molecule has 0 fully saturated rings. The molecule has 2 aromatic rings. The van der Waals surface area contributed by atoms with E-state index in [-0.39, 0.29) is 16.5 Å². The van der Waals surface area contributed by atoms with Crippen LogP contribution in [0.5, 0.6) is 0 Å². The lowest BCUT2D eigenvalue weighted by molar-refractivity contribution is -0.129. The SMILES string of the molecule is CC[C@H](CNC(=O)[C@@H](C)OC(=O)c1ccc(F)cc1Cl)c1ccccc1. The minimum Gasteiger partial charge on any atom is -0.449 e. The van der Waals surface area contributed by atoms with E-state index in [4.69, 9.17) is 16.3 Å². The van der Waals surface area contributed by atoms with Crippen LogP contribution >= 0.6 is 11.6 Å². The predicted molar refractivity (Wildman–Crippen MR) is 98.8 cm³/mol. The molecular formula is C20H21ClFNO3. The van der Waals surface area contributed by atoms with Crippen molar-refractivity contribution in [1.29, 1.82) is 0 Å². The van der Waals surface area contributed by atoms with E-state index in [0.717, 1.165) is 24.1 Å². The molecule has 2 atom stereocenters. The molecular weight excluding hydrogens is 357 g/mol. The van der Waals surface area contributed by atoms with Crippen LogP contribution in [-0.2, 0) is 9.53 Å². The van der Waals surface area contributed by atoms with Gasteiger partial charge in [-0.2, -0.15) is 0 Å². The van der Waals surface area contributed by atoms with E-state index >= 15 is 0 Å². The molecule has 4 nitrogen and oxygen atoms in total. The highest BCUT2D eigenvalue weighted by atomic mass is 35.5. The van der Waals surface area contributed by atoms with E-state index < -0.39 is 23.8 Å². The molecule has 0 spiro atoms. The van der Waals surface area contributed by atoms with E-state index in [1.807, 2.05) is 37.3 Å². The van der Waals surface area contributed by atoms with E-state index in [0.29, 0.717) is 6.54 Å². The zero-order chi connectivity index (χ0) is 19.1. The Balaban J connectivity index is 1.91. The lowest BCUT2D eigenvalue weighted by atomic mass is 9.96. The van der Waals surface area contributed by atoms with Gasteiger partial charge in [-0.05, 0) is 37.1 Å². The van der Waals surface area contributed by atoms with Crippen molar-refractivity contribution in [2.45, 2.75) is 32.3 Å². The monoisotopic (exact) mass is 377 g/mol. The number of carbonyl (C=O) groups excluding carboxylic acids is 2. The highest BCUT2D eigenvalue weighted by Gasteiger charge is 2.21. The quantitative estimate of drug-likeness (QED) is 0.730. The van der Waals surface area contributed by atoms with Crippen LogP contribution in [0.15, 0.2) is 48.5 Å². The number of carbonyl (C=O) groups is 2. The standard InChI is InChI=1S/C20H21ClFNO3/c1-3-14(15-7-5-4-6-8-15)12-23-19(24)13(2)26-20(25)17-10-9-16(22)11-18(17)21/h4-11,13-14H,3,12H2,1-2H3,(H,23,24)/t13-,14-/m1/s1. The van der Waals surface area contributed by atoms with Gasteiger partial charge in [-0.25, -0.2) is 9.18 Å². The van der Waals surface area contributed by atoms with Crippen LogP contribution in [-0.4, -0.2) is 24.5 Å². The Morgan fingerprint density at radius 2 is 1.88 bits per heavy atom. The van der Waals surface area contributed by atoms with Gasteiger partial charge < -0.3 is 10.1 Å². The van der Waals surface area contributed by atoms with Crippen molar-refractivity contribution >= 4 is 23.5 Å². The normalized spacial score (nSPS) is 12.9. The molecule has 1 amide bonds. The zero-order valence-corrected chi connectivity index (χ0v) is 15.4. The third-order valence-electron chi connectivity index (χ3n) is 4.09. The minimum absolute atomic E-state index is 0.0171. The molecule has 0 saturated carbocycles. The van der Waals surface area contributed by atoms with Gasteiger partial charge in [0.1, 0.15) is 5.82 Å². The zero-order valence-electron chi connectivity index (χ0n) is 14.7. The average Bonchev–Trinajstić information content (AvgIpc) is 2.62. The topological polar surface area (TPSA) is 55.4 Å². The molecule has 0 radical (unpaired) electrons. The first-order valence-electron chi connectivity index (χ1n) is 8.41. The van der Waals surface area contributed by atoms with Crippen molar-refractivity contribution < 1.29 is 18.7 Å². The van der Waals surface area contributed by atoms with Crippen LogP contribution in [0.25, 0.3) is 0 Å². The van der Waals surface area contributed by atoms with E-state index in [1.165, 1.54) is 13.0 Å². The first kappa shape index (κ1) is 19.9. The fraction of sp³-hybridized carbons (Fsp3) is 0.300. The molecule has 1 N–H and O–H groups in total. The van der Waals surface area contributed by atoms with Crippen molar-refractivity contribution in [2.75, 3.05) is 6.54 Å². The van der Waals surface area contributed by atoms with Crippen LogP contribution < -0.4 is 5.32 Å². The van der Waals surface area contributed by atoms with Gasteiger partial charge in [0.05, 0.1) is 10.6 Å². The van der Waals surface area contributed by atoms with Crippen LogP contribution in [0, 0.1) is 5.82 Å². The minimum atomic E-state index is -0.989. The van der Waals surface area contributed by atoms with Crippen molar-refractivity contribution in [3.05, 3.63) is 70.5 Å².